The van der Waals surface area contributed by atoms with Gasteiger partial charge in [0.2, 0.25) is 0 Å². The molecule has 0 saturated heterocycles. The molecule has 4 nitrogen and oxygen atoms in total. The molecular formula is C11H10Cl2N4S. The highest BCUT2D eigenvalue weighted by Crippen LogP contribution is 2.24. The highest BCUT2D eigenvalue weighted by atomic mass is 35.5. The molecule has 0 spiro atoms. The zero-order valence-electron chi connectivity index (χ0n) is 9.42. The highest BCUT2D eigenvalue weighted by molar-refractivity contribution is 7.80. The van der Waals surface area contributed by atoms with Gasteiger partial charge in [-0.2, -0.15) is 5.26 Å². The summed E-state index contributed by atoms with van der Waals surface area (Å²) in [6, 6.07) is 6.92. The molecular weight excluding hydrogens is 291 g/mol. The minimum atomic E-state index is 0.0338. The third-order valence-electron chi connectivity index (χ3n) is 2.05. The maximum atomic E-state index is 8.87. The van der Waals surface area contributed by atoms with Crippen molar-refractivity contribution in [3.05, 3.63) is 39.5 Å². The van der Waals surface area contributed by atoms with Crippen LogP contribution in [0.25, 0.3) is 0 Å². The Morgan fingerprint density at radius 1 is 1.44 bits per heavy atom. The van der Waals surface area contributed by atoms with Gasteiger partial charge in [-0.15, -0.1) is 0 Å². The van der Waals surface area contributed by atoms with Crippen LogP contribution in [0.3, 0.4) is 0 Å². The summed E-state index contributed by atoms with van der Waals surface area (Å²) in [6.45, 7) is 1.68. The number of anilines is 1. The third-order valence-corrected chi connectivity index (χ3v) is 2.80. The average molecular weight is 301 g/mol. The molecule has 0 saturated carbocycles. The Bertz CT molecular complexity index is 548. The molecule has 0 unspecified atom stereocenters. The average Bonchev–Trinajstić information content (AvgIpc) is 2.28. The number of halogens is 2. The Kier molecular flexibility index (Phi) is 5.23. The molecule has 0 heterocycles. The molecule has 4 N–H and O–H groups in total. The van der Waals surface area contributed by atoms with Crippen LogP contribution < -0.4 is 16.6 Å². The lowest BCUT2D eigenvalue weighted by Crippen LogP contribution is -2.24. The normalized spacial score (nSPS) is 11.2. The predicted octanol–water partition coefficient (Wildman–Crippen LogP) is 2.99. The van der Waals surface area contributed by atoms with Crippen LogP contribution in [-0.2, 0) is 0 Å². The molecule has 0 radical (unpaired) electrons. The van der Waals surface area contributed by atoms with E-state index in [-0.39, 0.29) is 10.6 Å². The van der Waals surface area contributed by atoms with Crippen molar-refractivity contribution in [3.63, 3.8) is 0 Å². The van der Waals surface area contributed by atoms with Gasteiger partial charge in [0.1, 0.15) is 16.6 Å². The van der Waals surface area contributed by atoms with Gasteiger partial charge in [0.05, 0.1) is 10.7 Å². The summed E-state index contributed by atoms with van der Waals surface area (Å²) >= 11 is 16.5. The Labute approximate surface area is 120 Å². The van der Waals surface area contributed by atoms with Gasteiger partial charge in [0.15, 0.2) is 0 Å². The lowest BCUT2D eigenvalue weighted by Gasteiger charge is -2.12. The molecule has 7 heteroatoms. The summed E-state index contributed by atoms with van der Waals surface area (Å²) in [7, 11) is 0. The van der Waals surface area contributed by atoms with E-state index < -0.39 is 0 Å². The molecule has 0 aliphatic rings. The van der Waals surface area contributed by atoms with Crippen molar-refractivity contribution in [2.24, 2.45) is 5.73 Å². The number of allylic oxidation sites excluding steroid dienone is 1. The number of nitrogens with one attached hydrogen (secondary N) is 2. The van der Waals surface area contributed by atoms with E-state index in [0.29, 0.717) is 21.4 Å². The summed E-state index contributed by atoms with van der Waals surface area (Å²) in [5.41, 5.74) is 12.4. The van der Waals surface area contributed by atoms with Crippen LogP contribution in [0.2, 0.25) is 10.0 Å². The van der Waals surface area contributed by atoms with Crippen LogP contribution >= 0.6 is 35.4 Å². The van der Waals surface area contributed by atoms with Crippen molar-refractivity contribution in [3.8, 4) is 6.07 Å². The number of hydrazine groups is 1. The lowest BCUT2D eigenvalue weighted by molar-refractivity contribution is 0.955. The molecule has 0 aromatic heterocycles. The van der Waals surface area contributed by atoms with Gasteiger partial charge in [-0.25, -0.2) is 0 Å². The molecule has 0 fully saturated rings. The summed E-state index contributed by atoms with van der Waals surface area (Å²) in [5.74, 6) is 0. The second-order valence-corrected chi connectivity index (χ2v) is 4.63. The molecule has 0 aliphatic carbocycles. The first kappa shape index (κ1) is 14.6. The Balaban J connectivity index is 2.83. The quantitative estimate of drug-likeness (QED) is 0.345. The molecule has 1 aromatic carbocycles. The van der Waals surface area contributed by atoms with Crippen molar-refractivity contribution in [2.75, 3.05) is 5.43 Å². The topological polar surface area (TPSA) is 73.9 Å². The molecule has 94 valence electrons. The van der Waals surface area contributed by atoms with Gasteiger partial charge in [-0.05, 0) is 25.1 Å². The number of hydrogen-bond acceptors (Lipinski definition) is 4. The van der Waals surface area contributed by atoms with E-state index in [9.17, 15) is 0 Å². The number of thiocarbonyl (C=S) groups is 1. The van der Waals surface area contributed by atoms with Crippen molar-refractivity contribution < 1.29 is 0 Å². The van der Waals surface area contributed by atoms with E-state index >= 15 is 0 Å². The van der Waals surface area contributed by atoms with Gasteiger partial charge in [0, 0.05) is 10.7 Å². The van der Waals surface area contributed by atoms with Crippen molar-refractivity contribution in [2.45, 2.75) is 6.92 Å². The first-order valence-corrected chi connectivity index (χ1v) is 6.00. The Morgan fingerprint density at radius 3 is 2.61 bits per heavy atom. The minimum absolute atomic E-state index is 0.0338. The first-order chi connectivity index (χ1) is 8.45. The molecule has 18 heavy (non-hydrogen) atoms. The number of benzene rings is 1. The standard InChI is InChI=1S/C11H10Cl2N4S/c1-6(8(5-14)11(15)18)16-17-10-3-2-7(12)4-9(10)13/h2-4,16-17H,1H3,(H2,15,18)/b8-6+. The van der Waals surface area contributed by atoms with Crippen molar-refractivity contribution in [1.82, 2.24) is 5.43 Å². The van der Waals surface area contributed by atoms with Gasteiger partial charge in [-0.1, -0.05) is 35.4 Å². The van der Waals surface area contributed by atoms with Crippen LogP contribution in [0, 0.1) is 11.3 Å². The molecule has 0 atom stereocenters. The molecule has 0 aliphatic heterocycles. The molecule has 0 bridgehead atoms. The molecule has 0 amide bonds. The summed E-state index contributed by atoms with van der Waals surface area (Å²) in [6.07, 6.45) is 0. The zero-order chi connectivity index (χ0) is 13.7. The Morgan fingerprint density at radius 2 is 2.11 bits per heavy atom. The van der Waals surface area contributed by atoms with E-state index in [4.69, 9.17) is 46.4 Å². The number of nitrogens with zero attached hydrogens (tertiary/aromatic N) is 1. The second kappa shape index (κ2) is 6.45. The maximum absolute atomic E-state index is 8.87. The minimum Gasteiger partial charge on any atom is -0.389 e. The van der Waals surface area contributed by atoms with Gasteiger partial charge < -0.3 is 11.2 Å². The van der Waals surface area contributed by atoms with Gasteiger partial charge in [0.25, 0.3) is 0 Å². The number of nitrogens with two attached hydrogens (primary N) is 1. The van der Waals surface area contributed by atoms with E-state index in [0.717, 1.165) is 0 Å². The number of nitriles is 1. The van der Waals surface area contributed by atoms with E-state index in [1.54, 1.807) is 25.1 Å². The first-order valence-electron chi connectivity index (χ1n) is 4.83. The largest absolute Gasteiger partial charge is 0.389 e. The van der Waals surface area contributed by atoms with E-state index in [1.807, 2.05) is 6.07 Å². The Hall–Kier alpha value is -1.48. The van der Waals surface area contributed by atoms with Gasteiger partial charge >= 0.3 is 0 Å². The third kappa shape index (κ3) is 3.77. The summed E-state index contributed by atoms with van der Waals surface area (Å²) < 4.78 is 0. The van der Waals surface area contributed by atoms with Crippen LogP contribution in [0.1, 0.15) is 6.92 Å². The molecule has 1 rings (SSSR count). The highest BCUT2D eigenvalue weighted by Gasteiger charge is 2.05. The SMILES string of the molecule is C/C(NNc1ccc(Cl)cc1Cl)=C(/C#N)C(N)=S. The van der Waals surface area contributed by atoms with Crippen molar-refractivity contribution >= 4 is 46.1 Å². The smallest absolute Gasteiger partial charge is 0.116 e. The van der Waals surface area contributed by atoms with Crippen molar-refractivity contribution in [1.29, 1.82) is 5.26 Å². The van der Waals surface area contributed by atoms with Crippen LogP contribution in [0.15, 0.2) is 29.5 Å². The fraction of sp³-hybridized carbons (Fsp3) is 0.0909. The van der Waals surface area contributed by atoms with Crippen LogP contribution in [-0.4, -0.2) is 4.99 Å². The monoisotopic (exact) mass is 300 g/mol. The lowest BCUT2D eigenvalue weighted by atomic mass is 10.2. The number of hydrogen-bond donors (Lipinski definition) is 3. The molecule has 1 aromatic rings. The fourth-order valence-electron chi connectivity index (χ4n) is 1.14. The fourth-order valence-corrected chi connectivity index (χ4v) is 1.79. The predicted molar refractivity (Wildman–Crippen MR) is 78.3 cm³/mol. The second-order valence-electron chi connectivity index (χ2n) is 3.35. The maximum Gasteiger partial charge on any atom is 0.116 e. The van der Waals surface area contributed by atoms with Gasteiger partial charge in [-0.3, -0.25) is 5.43 Å². The number of rotatable bonds is 4. The van der Waals surface area contributed by atoms with Crippen LogP contribution in [0.4, 0.5) is 5.69 Å². The summed E-state index contributed by atoms with van der Waals surface area (Å²) in [4.78, 5) is 0.0338. The van der Waals surface area contributed by atoms with E-state index in [2.05, 4.69) is 10.9 Å². The summed E-state index contributed by atoms with van der Waals surface area (Å²) in [5, 5.41) is 9.86. The van der Waals surface area contributed by atoms with Crippen LogP contribution in [0.5, 0.6) is 0 Å². The zero-order valence-corrected chi connectivity index (χ0v) is 11.7. The van der Waals surface area contributed by atoms with E-state index in [1.165, 1.54) is 0 Å².